The average Bonchev–Trinajstić information content (AvgIpc) is 3.52. The number of para-hydroxylation sites is 1. The Morgan fingerprint density at radius 2 is 1.66 bits per heavy atom. The lowest BCUT2D eigenvalue weighted by Gasteiger charge is -2.23. The van der Waals surface area contributed by atoms with Gasteiger partial charge in [0.25, 0.3) is 5.91 Å². The van der Waals surface area contributed by atoms with Crippen molar-refractivity contribution in [2.24, 2.45) is 0 Å². The molecule has 1 N–H and O–H groups in total. The van der Waals surface area contributed by atoms with Crippen molar-refractivity contribution in [3.8, 4) is 22.7 Å². The summed E-state index contributed by atoms with van der Waals surface area (Å²) in [5.74, 6) is 0.309. The summed E-state index contributed by atoms with van der Waals surface area (Å²) in [6, 6.07) is 26.3. The Hall–Kier alpha value is -4.50. The Kier molecular flexibility index (Phi) is 8.74. The Morgan fingerprint density at radius 1 is 0.976 bits per heavy atom. The normalized spacial score (nSPS) is 14.9. The van der Waals surface area contributed by atoms with Crippen molar-refractivity contribution >= 4 is 34.8 Å². The number of thiocarbonyl (C=S) groups is 1. The zero-order valence-corrected chi connectivity index (χ0v) is 24.0. The van der Waals surface area contributed by atoms with Crippen LogP contribution in [0.3, 0.4) is 0 Å². The zero-order chi connectivity index (χ0) is 28.8. The molecular weight excluding hydrogens is 534 g/mol. The number of nitrogens with zero attached hydrogens (tertiary/aromatic N) is 4. The predicted molar refractivity (Wildman–Crippen MR) is 164 cm³/mol. The maximum Gasteiger partial charge on any atom is 0.252 e. The van der Waals surface area contributed by atoms with Crippen LogP contribution in [0.25, 0.3) is 16.9 Å². The zero-order valence-electron chi connectivity index (χ0n) is 23.2. The molecule has 8 nitrogen and oxygen atoms in total. The number of hydrogen-bond acceptors (Lipinski definition) is 5. The molecule has 41 heavy (non-hydrogen) atoms. The number of aromatic nitrogens is 2. The lowest BCUT2D eigenvalue weighted by atomic mass is 10.1. The van der Waals surface area contributed by atoms with E-state index in [1.807, 2.05) is 102 Å². The fourth-order valence-corrected chi connectivity index (χ4v) is 5.28. The van der Waals surface area contributed by atoms with Gasteiger partial charge in [0.15, 0.2) is 5.11 Å². The molecule has 1 atom stereocenters. The SMILES string of the molecule is CCCOc1ccc(NC(=O)CC2C(=O)N(CC)C(=S)N2Cc2cn(-c3ccccc3)nc2-c2ccccc2)cc1. The Balaban J connectivity index is 1.39. The summed E-state index contributed by atoms with van der Waals surface area (Å²) < 4.78 is 7.46. The molecule has 1 fully saturated rings. The van der Waals surface area contributed by atoms with Crippen molar-refractivity contribution in [1.29, 1.82) is 0 Å². The van der Waals surface area contributed by atoms with Gasteiger partial charge in [-0.05, 0) is 62.0 Å². The van der Waals surface area contributed by atoms with E-state index in [0.29, 0.717) is 30.5 Å². The summed E-state index contributed by atoms with van der Waals surface area (Å²) >= 11 is 5.76. The van der Waals surface area contributed by atoms with E-state index in [4.69, 9.17) is 22.1 Å². The fourth-order valence-electron chi connectivity index (χ4n) is 4.87. The minimum atomic E-state index is -0.724. The van der Waals surface area contributed by atoms with Crippen molar-refractivity contribution in [3.05, 3.63) is 96.7 Å². The fraction of sp³-hybridized carbons (Fsp3) is 0.250. The van der Waals surface area contributed by atoms with E-state index in [2.05, 4.69) is 5.32 Å². The average molecular weight is 568 g/mol. The summed E-state index contributed by atoms with van der Waals surface area (Å²) in [7, 11) is 0. The molecule has 2 heterocycles. The highest BCUT2D eigenvalue weighted by molar-refractivity contribution is 7.80. The smallest absolute Gasteiger partial charge is 0.252 e. The van der Waals surface area contributed by atoms with E-state index in [1.165, 1.54) is 0 Å². The van der Waals surface area contributed by atoms with Crippen LogP contribution >= 0.6 is 12.2 Å². The molecule has 210 valence electrons. The number of likely N-dealkylation sites (N-methyl/N-ethyl adjacent to an activating group) is 1. The highest BCUT2D eigenvalue weighted by Crippen LogP contribution is 2.29. The standard InChI is InChI=1S/C32H33N5O3S/c1-3-19-40-27-17-15-25(16-18-27)33-29(38)20-28-31(39)35(4-2)32(41)36(28)21-24-22-37(26-13-9-6-10-14-26)34-30(24)23-11-7-5-8-12-23/h5-18,22,28H,3-4,19-21H2,1-2H3,(H,33,38). The molecule has 1 unspecified atom stereocenters. The minimum absolute atomic E-state index is 0.0307. The molecule has 5 rings (SSSR count). The Morgan fingerprint density at radius 3 is 2.32 bits per heavy atom. The van der Waals surface area contributed by atoms with Crippen LogP contribution in [0.1, 0.15) is 32.3 Å². The topological polar surface area (TPSA) is 79.7 Å². The molecule has 1 aromatic heterocycles. The molecule has 1 saturated heterocycles. The van der Waals surface area contributed by atoms with Gasteiger partial charge in [-0.3, -0.25) is 14.5 Å². The van der Waals surface area contributed by atoms with Gasteiger partial charge in [0.2, 0.25) is 5.91 Å². The molecule has 1 aliphatic heterocycles. The van der Waals surface area contributed by atoms with Gasteiger partial charge in [0.05, 0.1) is 24.4 Å². The quantitative estimate of drug-likeness (QED) is 0.235. The summed E-state index contributed by atoms with van der Waals surface area (Å²) in [5.41, 5.74) is 4.23. The first kappa shape index (κ1) is 28.0. The predicted octanol–water partition coefficient (Wildman–Crippen LogP) is 5.67. The Labute approximate surface area is 245 Å². The van der Waals surface area contributed by atoms with Crippen LogP contribution < -0.4 is 10.1 Å². The molecule has 0 saturated carbocycles. The first-order valence-electron chi connectivity index (χ1n) is 13.8. The molecular formula is C32H33N5O3S. The van der Waals surface area contributed by atoms with Crippen LogP contribution in [0, 0.1) is 0 Å². The van der Waals surface area contributed by atoms with E-state index in [0.717, 1.165) is 34.7 Å². The lowest BCUT2D eigenvalue weighted by molar-refractivity contribution is -0.130. The van der Waals surface area contributed by atoms with E-state index in [9.17, 15) is 9.59 Å². The first-order chi connectivity index (χ1) is 20.0. The van der Waals surface area contributed by atoms with Crippen molar-refractivity contribution in [3.63, 3.8) is 0 Å². The third kappa shape index (κ3) is 6.30. The number of hydrogen-bond donors (Lipinski definition) is 1. The van der Waals surface area contributed by atoms with Crippen LogP contribution in [0.2, 0.25) is 0 Å². The van der Waals surface area contributed by atoms with Gasteiger partial charge < -0.3 is 15.0 Å². The van der Waals surface area contributed by atoms with Gasteiger partial charge >= 0.3 is 0 Å². The maximum atomic E-state index is 13.4. The van der Waals surface area contributed by atoms with E-state index < -0.39 is 6.04 Å². The molecule has 3 aromatic carbocycles. The highest BCUT2D eigenvalue weighted by Gasteiger charge is 2.43. The first-order valence-corrected chi connectivity index (χ1v) is 14.2. The molecule has 0 spiro atoms. The number of amides is 2. The second-order valence-electron chi connectivity index (χ2n) is 9.78. The number of ether oxygens (including phenoxy) is 1. The molecule has 2 amide bonds. The molecule has 0 aliphatic carbocycles. The maximum absolute atomic E-state index is 13.4. The Bertz CT molecular complexity index is 1510. The van der Waals surface area contributed by atoms with Crippen LogP contribution in [0.4, 0.5) is 5.69 Å². The van der Waals surface area contributed by atoms with E-state index in [1.54, 1.807) is 17.0 Å². The monoisotopic (exact) mass is 567 g/mol. The summed E-state index contributed by atoms with van der Waals surface area (Å²) in [6.07, 6.45) is 2.86. The lowest BCUT2D eigenvalue weighted by Crippen LogP contribution is -2.37. The summed E-state index contributed by atoms with van der Waals surface area (Å²) in [6.45, 7) is 5.33. The van der Waals surface area contributed by atoms with Crippen molar-refractivity contribution in [2.45, 2.75) is 39.3 Å². The van der Waals surface area contributed by atoms with Gasteiger partial charge in [-0.15, -0.1) is 0 Å². The molecule has 0 radical (unpaired) electrons. The minimum Gasteiger partial charge on any atom is -0.494 e. The van der Waals surface area contributed by atoms with Gasteiger partial charge in [0.1, 0.15) is 11.8 Å². The summed E-state index contributed by atoms with van der Waals surface area (Å²) in [4.78, 5) is 30.0. The molecule has 4 aromatic rings. The van der Waals surface area contributed by atoms with Crippen molar-refractivity contribution < 1.29 is 14.3 Å². The largest absolute Gasteiger partial charge is 0.494 e. The molecule has 0 bridgehead atoms. The van der Waals surface area contributed by atoms with E-state index in [-0.39, 0.29) is 18.2 Å². The van der Waals surface area contributed by atoms with Crippen molar-refractivity contribution in [2.75, 3.05) is 18.5 Å². The van der Waals surface area contributed by atoms with Crippen LogP contribution in [-0.2, 0) is 16.1 Å². The van der Waals surface area contributed by atoms with Crippen LogP contribution in [0.15, 0.2) is 91.1 Å². The third-order valence-electron chi connectivity index (χ3n) is 6.91. The van der Waals surface area contributed by atoms with Gasteiger partial charge in [0, 0.05) is 36.1 Å². The number of carbonyl (C=O) groups excluding carboxylic acids is 2. The second kappa shape index (κ2) is 12.8. The number of anilines is 1. The molecule has 9 heteroatoms. The highest BCUT2D eigenvalue weighted by atomic mass is 32.1. The number of nitrogens with one attached hydrogen (secondary N) is 1. The van der Waals surface area contributed by atoms with Crippen molar-refractivity contribution in [1.82, 2.24) is 19.6 Å². The van der Waals surface area contributed by atoms with Gasteiger partial charge in [-0.2, -0.15) is 5.10 Å². The second-order valence-corrected chi connectivity index (χ2v) is 10.1. The number of carbonyl (C=O) groups is 2. The van der Waals surface area contributed by atoms with Gasteiger partial charge in [-0.1, -0.05) is 55.5 Å². The molecule has 1 aliphatic rings. The summed E-state index contributed by atoms with van der Waals surface area (Å²) in [5, 5.41) is 8.23. The van der Waals surface area contributed by atoms with Crippen LogP contribution in [-0.4, -0.2) is 55.7 Å². The van der Waals surface area contributed by atoms with E-state index >= 15 is 0 Å². The third-order valence-corrected chi connectivity index (χ3v) is 7.36. The van der Waals surface area contributed by atoms with Gasteiger partial charge in [-0.25, -0.2) is 4.68 Å². The van der Waals surface area contributed by atoms with Crippen LogP contribution in [0.5, 0.6) is 5.75 Å². The number of rotatable bonds is 11. The number of benzene rings is 3.